The minimum Gasteiger partial charge on any atom is -0.388 e. The maximum absolute atomic E-state index is 13.0. The van der Waals surface area contributed by atoms with Gasteiger partial charge in [0.2, 0.25) is 5.91 Å². The Balaban J connectivity index is 1.64. The fraction of sp³-hybridized carbons (Fsp3) is 0.450. The zero-order chi connectivity index (χ0) is 17.9. The normalized spacial score (nSPS) is 17.4. The Morgan fingerprint density at radius 2 is 1.92 bits per heavy atom. The first-order valence-electron chi connectivity index (χ1n) is 8.82. The van der Waals surface area contributed by atoms with E-state index in [0.29, 0.717) is 11.6 Å². The van der Waals surface area contributed by atoms with Crippen LogP contribution in [0.2, 0.25) is 5.02 Å². The quantitative estimate of drug-likeness (QED) is 0.771. The number of hydrogen-bond donors (Lipinski definition) is 2. The molecule has 1 atom stereocenters. The number of halogens is 1. The second kappa shape index (κ2) is 7.90. The number of aliphatic hydroxyl groups is 1. The molecule has 0 spiro atoms. The summed E-state index contributed by atoms with van der Waals surface area (Å²) in [6, 6.07) is 11.7. The van der Waals surface area contributed by atoms with Crippen LogP contribution in [0, 0.1) is 0 Å². The summed E-state index contributed by atoms with van der Waals surface area (Å²) in [6.07, 6.45) is 4.31. The number of carbonyl (C=O) groups is 1. The van der Waals surface area contributed by atoms with Gasteiger partial charge in [-0.1, -0.05) is 36.6 Å². The Kier molecular flexibility index (Phi) is 5.82. The number of amides is 1. The first kappa shape index (κ1) is 18.4. The fourth-order valence-corrected chi connectivity index (χ4v) is 4.69. The van der Waals surface area contributed by atoms with Crippen LogP contribution >= 0.6 is 22.9 Å². The molecule has 0 saturated heterocycles. The second-order valence-corrected chi connectivity index (χ2v) is 8.42. The first-order valence-corrected chi connectivity index (χ1v) is 10.0. The van der Waals surface area contributed by atoms with E-state index in [0.717, 1.165) is 42.5 Å². The van der Waals surface area contributed by atoms with Crippen LogP contribution in [0.4, 0.5) is 0 Å². The number of aliphatic hydroxyl groups excluding tert-OH is 1. The molecule has 5 heteroatoms. The van der Waals surface area contributed by atoms with Gasteiger partial charge in [0.1, 0.15) is 0 Å². The van der Waals surface area contributed by atoms with Gasteiger partial charge in [-0.15, -0.1) is 11.3 Å². The van der Waals surface area contributed by atoms with E-state index in [1.165, 1.54) is 4.88 Å². The molecular formula is C20H24ClNO2S. The average Bonchev–Trinajstić information content (AvgIpc) is 3.25. The zero-order valence-electron chi connectivity index (χ0n) is 14.4. The number of rotatable bonds is 6. The predicted molar refractivity (Wildman–Crippen MR) is 103 cm³/mol. The average molecular weight is 378 g/mol. The molecule has 1 aromatic heterocycles. The summed E-state index contributed by atoms with van der Waals surface area (Å²) in [5.74, 6) is 0.125. The molecule has 1 amide bonds. The van der Waals surface area contributed by atoms with Crippen molar-refractivity contribution in [1.82, 2.24) is 5.32 Å². The van der Waals surface area contributed by atoms with Crippen LogP contribution < -0.4 is 5.32 Å². The van der Waals surface area contributed by atoms with Crippen molar-refractivity contribution >= 4 is 28.8 Å². The highest BCUT2D eigenvalue weighted by atomic mass is 35.5. The molecule has 2 aromatic rings. The lowest BCUT2D eigenvalue weighted by Gasteiger charge is -2.28. The smallest absolute Gasteiger partial charge is 0.230 e. The van der Waals surface area contributed by atoms with Crippen molar-refractivity contribution in [2.75, 3.05) is 6.54 Å². The summed E-state index contributed by atoms with van der Waals surface area (Å²) in [6.45, 7) is 2.39. The van der Waals surface area contributed by atoms with Crippen molar-refractivity contribution in [3.63, 3.8) is 0 Å². The maximum atomic E-state index is 13.0. The molecule has 3 nitrogen and oxygen atoms in total. The molecule has 0 radical (unpaired) electrons. The number of benzene rings is 1. The van der Waals surface area contributed by atoms with Crippen LogP contribution in [-0.4, -0.2) is 17.6 Å². The minimum absolute atomic E-state index is 0.125. The van der Waals surface area contributed by atoms with Crippen molar-refractivity contribution in [1.29, 1.82) is 0 Å². The van der Waals surface area contributed by atoms with E-state index in [2.05, 4.69) is 5.32 Å². The van der Waals surface area contributed by atoms with Crippen LogP contribution in [-0.2, 0) is 16.6 Å². The van der Waals surface area contributed by atoms with E-state index in [1.807, 2.05) is 36.4 Å². The summed E-state index contributed by atoms with van der Waals surface area (Å²) < 4.78 is 0. The second-order valence-electron chi connectivity index (χ2n) is 6.78. The van der Waals surface area contributed by atoms with Gasteiger partial charge in [-0.25, -0.2) is 0 Å². The third kappa shape index (κ3) is 4.08. The highest BCUT2D eigenvalue weighted by molar-refractivity contribution is 7.12. The highest BCUT2D eigenvalue weighted by Crippen LogP contribution is 2.41. The molecule has 1 aromatic carbocycles. The number of thiophene rings is 1. The third-order valence-electron chi connectivity index (χ3n) is 5.04. The lowest BCUT2D eigenvalue weighted by Crippen LogP contribution is -2.43. The molecule has 25 heavy (non-hydrogen) atoms. The van der Waals surface area contributed by atoms with Crippen molar-refractivity contribution in [3.05, 3.63) is 56.7 Å². The lowest BCUT2D eigenvalue weighted by molar-refractivity contribution is -0.126. The van der Waals surface area contributed by atoms with Gasteiger partial charge < -0.3 is 10.4 Å². The lowest BCUT2D eigenvalue weighted by atomic mass is 9.78. The van der Waals surface area contributed by atoms with Gasteiger partial charge in [-0.3, -0.25) is 4.79 Å². The monoisotopic (exact) mass is 377 g/mol. The fourth-order valence-electron chi connectivity index (χ4n) is 3.62. The Bertz CT molecular complexity index is 718. The molecule has 0 aliphatic heterocycles. The van der Waals surface area contributed by atoms with Gasteiger partial charge in [0.05, 0.1) is 11.5 Å². The number of carbonyl (C=O) groups excluding carboxylic acids is 1. The summed E-state index contributed by atoms with van der Waals surface area (Å²) in [5.41, 5.74) is 0.657. The Morgan fingerprint density at radius 1 is 1.24 bits per heavy atom. The molecular weight excluding hydrogens is 354 g/mol. The summed E-state index contributed by atoms with van der Waals surface area (Å²) in [7, 11) is 0. The number of nitrogens with one attached hydrogen (secondary N) is 1. The van der Waals surface area contributed by atoms with E-state index in [9.17, 15) is 9.90 Å². The van der Waals surface area contributed by atoms with Gasteiger partial charge in [-0.2, -0.15) is 0 Å². The van der Waals surface area contributed by atoms with Crippen LogP contribution in [0.15, 0.2) is 36.4 Å². The van der Waals surface area contributed by atoms with Crippen LogP contribution in [0.25, 0.3) is 0 Å². The van der Waals surface area contributed by atoms with Crippen molar-refractivity contribution in [3.8, 4) is 0 Å². The van der Waals surface area contributed by atoms with Gasteiger partial charge in [0.25, 0.3) is 0 Å². The van der Waals surface area contributed by atoms with Crippen LogP contribution in [0.3, 0.4) is 0 Å². The topological polar surface area (TPSA) is 49.3 Å². The molecule has 134 valence electrons. The van der Waals surface area contributed by atoms with Crippen LogP contribution in [0.5, 0.6) is 0 Å². The Labute approximate surface area is 158 Å². The largest absolute Gasteiger partial charge is 0.388 e. The summed E-state index contributed by atoms with van der Waals surface area (Å²) in [5, 5.41) is 13.4. The molecule has 1 saturated carbocycles. The van der Waals surface area contributed by atoms with Gasteiger partial charge in [0, 0.05) is 21.3 Å². The molecule has 2 N–H and O–H groups in total. The van der Waals surface area contributed by atoms with Gasteiger partial charge in [-0.05, 0) is 56.0 Å². The highest BCUT2D eigenvalue weighted by Gasteiger charge is 2.42. The van der Waals surface area contributed by atoms with Crippen molar-refractivity contribution < 1.29 is 9.90 Å². The van der Waals surface area contributed by atoms with E-state index in [-0.39, 0.29) is 5.91 Å². The molecule has 0 bridgehead atoms. The predicted octanol–water partition coefficient (Wildman–Crippen LogP) is 4.63. The van der Waals surface area contributed by atoms with Crippen molar-refractivity contribution in [2.45, 2.75) is 50.5 Å². The zero-order valence-corrected chi connectivity index (χ0v) is 16.0. The third-order valence-corrected chi connectivity index (χ3v) is 6.61. The van der Waals surface area contributed by atoms with Gasteiger partial charge in [0.15, 0.2) is 0 Å². The van der Waals surface area contributed by atoms with E-state index in [4.69, 9.17) is 11.6 Å². The molecule has 1 aliphatic carbocycles. The molecule has 1 heterocycles. The first-order chi connectivity index (χ1) is 12.0. The standard InChI is InChI=1S/C20H24ClNO2S/c1-14(23)18-9-8-17(25-18)10-13-22-19(24)20(11-2-3-12-20)15-4-6-16(21)7-5-15/h4-9,14,23H,2-3,10-13H2,1H3,(H,22,24)/t14-/m1/s1. The molecule has 0 unspecified atom stereocenters. The molecule has 1 aliphatic rings. The summed E-state index contributed by atoms with van der Waals surface area (Å²) >= 11 is 7.61. The Morgan fingerprint density at radius 3 is 2.52 bits per heavy atom. The Hall–Kier alpha value is -1.36. The summed E-state index contributed by atoms with van der Waals surface area (Å²) in [4.78, 5) is 15.1. The van der Waals surface area contributed by atoms with E-state index >= 15 is 0 Å². The minimum atomic E-state index is -0.431. The molecule has 1 fully saturated rings. The van der Waals surface area contributed by atoms with Crippen molar-refractivity contribution in [2.24, 2.45) is 0 Å². The van der Waals surface area contributed by atoms with E-state index < -0.39 is 11.5 Å². The van der Waals surface area contributed by atoms with E-state index in [1.54, 1.807) is 18.3 Å². The van der Waals surface area contributed by atoms with Gasteiger partial charge >= 0.3 is 0 Å². The maximum Gasteiger partial charge on any atom is 0.230 e. The molecule has 3 rings (SSSR count). The number of hydrogen-bond acceptors (Lipinski definition) is 3. The van der Waals surface area contributed by atoms with Crippen LogP contribution in [0.1, 0.15) is 54.0 Å². The SMILES string of the molecule is C[C@@H](O)c1ccc(CCNC(=O)C2(c3ccc(Cl)cc3)CCCC2)s1.